The van der Waals surface area contributed by atoms with Gasteiger partial charge in [-0.15, -0.1) is 0 Å². The second-order valence-electron chi connectivity index (χ2n) is 7.75. The lowest BCUT2D eigenvalue weighted by molar-refractivity contribution is -0.141. The fraction of sp³-hybridized carbons (Fsp3) is 0.375. The molecule has 0 bridgehead atoms. The fourth-order valence-electron chi connectivity index (χ4n) is 3.93. The van der Waals surface area contributed by atoms with Crippen molar-refractivity contribution >= 4 is 46.5 Å². The molecule has 1 heterocycles. The van der Waals surface area contributed by atoms with Gasteiger partial charge in [-0.1, -0.05) is 29.3 Å². The lowest BCUT2D eigenvalue weighted by Gasteiger charge is -2.46. The summed E-state index contributed by atoms with van der Waals surface area (Å²) in [6, 6.07) is 12.3. The predicted molar refractivity (Wildman–Crippen MR) is 126 cm³/mol. The third-order valence-electron chi connectivity index (χ3n) is 5.79. The van der Waals surface area contributed by atoms with Crippen molar-refractivity contribution in [3.8, 4) is 0 Å². The smallest absolute Gasteiger partial charge is 0.313 e. The lowest BCUT2D eigenvalue weighted by atomic mass is 10.0. The van der Waals surface area contributed by atoms with Crippen LogP contribution in [0.2, 0.25) is 10.0 Å². The van der Waals surface area contributed by atoms with Gasteiger partial charge in [0.1, 0.15) is 6.42 Å². The van der Waals surface area contributed by atoms with E-state index in [0.29, 0.717) is 23.7 Å². The molecule has 1 aliphatic rings. The fourth-order valence-corrected chi connectivity index (χ4v) is 4.40. The average Bonchev–Trinajstić information content (AvgIpc) is 2.75. The molecule has 0 saturated carbocycles. The largest absolute Gasteiger partial charge is 0.466 e. The molecule has 2 unspecified atom stereocenters. The zero-order chi connectivity index (χ0) is 23.4. The van der Waals surface area contributed by atoms with Gasteiger partial charge in [-0.2, -0.15) is 0 Å². The Morgan fingerprint density at radius 1 is 1.03 bits per heavy atom. The van der Waals surface area contributed by atoms with Gasteiger partial charge in [0.25, 0.3) is 5.91 Å². The third-order valence-corrected chi connectivity index (χ3v) is 6.34. The molecule has 1 aliphatic heterocycles. The van der Waals surface area contributed by atoms with Crippen LogP contribution >= 0.6 is 23.2 Å². The van der Waals surface area contributed by atoms with Crippen LogP contribution in [0.25, 0.3) is 0 Å². The minimum absolute atomic E-state index is 0.0564. The molecule has 8 heteroatoms. The molecular weight excluding hydrogens is 451 g/mol. The second kappa shape index (κ2) is 10.4. The van der Waals surface area contributed by atoms with E-state index in [4.69, 9.17) is 27.9 Å². The molecule has 1 amide bonds. The van der Waals surface area contributed by atoms with Crippen LogP contribution < -0.4 is 4.90 Å². The molecule has 0 aliphatic carbocycles. The van der Waals surface area contributed by atoms with Gasteiger partial charge in [0.15, 0.2) is 5.78 Å². The topological polar surface area (TPSA) is 66.9 Å². The van der Waals surface area contributed by atoms with Crippen LogP contribution in [0.15, 0.2) is 42.5 Å². The Kier molecular flexibility index (Phi) is 7.80. The average molecular weight is 477 g/mol. The number of hydrogen-bond acceptors (Lipinski definition) is 5. The molecule has 2 aromatic carbocycles. The van der Waals surface area contributed by atoms with Crippen LogP contribution in [0.1, 0.15) is 47.9 Å². The number of ether oxygens (including phenoxy) is 1. The highest BCUT2D eigenvalue weighted by molar-refractivity contribution is 6.34. The number of nitrogens with zero attached hydrogens (tertiary/aromatic N) is 2. The molecule has 3 rings (SSSR count). The molecular formula is C24H26Cl2N2O4. The van der Waals surface area contributed by atoms with Gasteiger partial charge in [-0.3, -0.25) is 14.4 Å². The maximum Gasteiger partial charge on any atom is 0.313 e. The third kappa shape index (κ3) is 5.25. The van der Waals surface area contributed by atoms with Crippen LogP contribution in [0.4, 0.5) is 5.69 Å². The van der Waals surface area contributed by atoms with Crippen molar-refractivity contribution in [1.29, 1.82) is 0 Å². The van der Waals surface area contributed by atoms with Gasteiger partial charge in [0.05, 0.1) is 11.6 Å². The van der Waals surface area contributed by atoms with Crippen molar-refractivity contribution < 1.29 is 19.1 Å². The highest BCUT2D eigenvalue weighted by Gasteiger charge is 2.34. The van der Waals surface area contributed by atoms with Gasteiger partial charge in [0.2, 0.25) is 0 Å². The normalized spacial score (nSPS) is 18.4. The van der Waals surface area contributed by atoms with Crippen molar-refractivity contribution in [2.75, 3.05) is 24.6 Å². The minimum Gasteiger partial charge on any atom is -0.466 e. The van der Waals surface area contributed by atoms with Crippen molar-refractivity contribution in [2.24, 2.45) is 0 Å². The highest BCUT2D eigenvalue weighted by Crippen LogP contribution is 2.28. The summed E-state index contributed by atoms with van der Waals surface area (Å²) in [6.45, 7) is 7.17. The number of ketones is 1. The monoisotopic (exact) mass is 476 g/mol. The first kappa shape index (κ1) is 24.1. The number of hydrogen-bond donors (Lipinski definition) is 0. The molecule has 2 atom stereocenters. The Bertz CT molecular complexity index is 1030. The Labute approximate surface area is 198 Å². The number of rotatable bonds is 6. The van der Waals surface area contributed by atoms with Gasteiger partial charge in [-0.05, 0) is 57.2 Å². The van der Waals surface area contributed by atoms with E-state index in [1.165, 1.54) is 12.1 Å². The standard InChI is InChI=1S/C24H26Cl2N2O4/c1-4-32-23(30)14-22(29)20-9-8-17(12-21(20)26)24(31)28-11-10-27(15(2)16(28)3)19-7-5-6-18(25)13-19/h5-9,12-13,15-16H,4,10-11,14H2,1-3H3. The minimum atomic E-state index is -0.603. The highest BCUT2D eigenvalue weighted by atomic mass is 35.5. The number of anilines is 1. The van der Waals surface area contributed by atoms with E-state index < -0.39 is 11.8 Å². The number of amides is 1. The quantitative estimate of drug-likeness (QED) is 0.338. The van der Waals surface area contributed by atoms with Crippen LogP contribution in [-0.4, -0.2) is 54.3 Å². The van der Waals surface area contributed by atoms with E-state index in [-0.39, 0.29) is 41.6 Å². The summed E-state index contributed by atoms with van der Waals surface area (Å²) < 4.78 is 4.81. The van der Waals surface area contributed by atoms with E-state index in [2.05, 4.69) is 11.8 Å². The molecule has 1 fully saturated rings. The molecule has 2 aromatic rings. The number of esters is 1. The molecule has 0 N–H and O–H groups in total. The van der Waals surface area contributed by atoms with Crippen molar-refractivity contribution in [1.82, 2.24) is 4.90 Å². The SMILES string of the molecule is CCOC(=O)CC(=O)c1ccc(C(=O)N2CCN(c3cccc(Cl)c3)C(C)C2C)cc1Cl. The maximum atomic E-state index is 13.2. The van der Waals surface area contributed by atoms with Crippen LogP contribution in [0.5, 0.6) is 0 Å². The molecule has 0 aromatic heterocycles. The summed E-state index contributed by atoms with van der Waals surface area (Å²) in [5, 5.41) is 0.816. The van der Waals surface area contributed by atoms with Crippen LogP contribution in [0.3, 0.4) is 0 Å². The van der Waals surface area contributed by atoms with Crippen molar-refractivity contribution in [2.45, 2.75) is 39.3 Å². The molecule has 0 spiro atoms. The number of carbonyl (C=O) groups excluding carboxylic acids is 3. The summed E-state index contributed by atoms with van der Waals surface area (Å²) in [5.41, 5.74) is 1.62. The van der Waals surface area contributed by atoms with E-state index in [0.717, 1.165) is 5.69 Å². The summed E-state index contributed by atoms with van der Waals surface area (Å²) in [5.74, 6) is -1.19. The first-order valence-corrected chi connectivity index (χ1v) is 11.3. The summed E-state index contributed by atoms with van der Waals surface area (Å²) >= 11 is 12.4. The number of benzene rings is 2. The van der Waals surface area contributed by atoms with Crippen molar-refractivity contribution in [3.05, 3.63) is 63.6 Å². The molecule has 170 valence electrons. The number of carbonyl (C=O) groups is 3. The Hall–Kier alpha value is -2.57. The van der Waals surface area contributed by atoms with Crippen LogP contribution in [0, 0.1) is 0 Å². The van der Waals surface area contributed by atoms with Gasteiger partial charge in [-0.25, -0.2) is 0 Å². The Morgan fingerprint density at radius 2 is 1.78 bits per heavy atom. The molecule has 0 radical (unpaired) electrons. The summed E-state index contributed by atoms with van der Waals surface area (Å²) in [7, 11) is 0. The van der Waals surface area contributed by atoms with Crippen molar-refractivity contribution in [3.63, 3.8) is 0 Å². The Balaban J connectivity index is 1.73. The predicted octanol–water partition coefficient (Wildman–Crippen LogP) is 4.87. The Morgan fingerprint density at radius 3 is 2.44 bits per heavy atom. The summed E-state index contributed by atoms with van der Waals surface area (Å²) in [4.78, 5) is 41.2. The number of piperazine rings is 1. The second-order valence-corrected chi connectivity index (χ2v) is 8.60. The lowest BCUT2D eigenvalue weighted by Crippen LogP contribution is -2.59. The van der Waals surface area contributed by atoms with E-state index >= 15 is 0 Å². The van der Waals surface area contributed by atoms with E-state index in [1.807, 2.05) is 36.1 Å². The van der Waals surface area contributed by atoms with E-state index in [1.54, 1.807) is 13.0 Å². The first-order valence-electron chi connectivity index (χ1n) is 10.5. The molecule has 32 heavy (non-hydrogen) atoms. The van der Waals surface area contributed by atoms with Gasteiger partial charge in [0, 0.05) is 47.0 Å². The molecule has 6 nitrogen and oxygen atoms in total. The first-order chi connectivity index (χ1) is 15.2. The van der Waals surface area contributed by atoms with Gasteiger partial charge < -0.3 is 14.5 Å². The van der Waals surface area contributed by atoms with E-state index in [9.17, 15) is 14.4 Å². The zero-order valence-electron chi connectivity index (χ0n) is 18.3. The number of Topliss-reactive ketones (excluding diaryl/α,β-unsaturated/α-hetero) is 1. The number of halogens is 2. The molecule has 1 saturated heterocycles. The van der Waals surface area contributed by atoms with Crippen LogP contribution in [-0.2, 0) is 9.53 Å². The maximum absolute atomic E-state index is 13.2. The summed E-state index contributed by atoms with van der Waals surface area (Å²) in [6.07, 6.45) is -0.388. The van der Waals surface area contributed by atoms with Gasteiger partial charge >= 0.3 is 5.97 Å². The zero-order valence-corrected chi connectivity index (χ0v) is 19.8.